The summed E-state index contributed by atoms with van der Waals surface area (Å²) in [6.07, 6.45) is -4.45. The number of halogens is 3. The van der Waals surface area contributed by atoms with E-state index in [0.717, 1.165) is 24.3 Å². The standard InChI is InChI=1S/C15H14F3N3O4S/c1-9-19-12(21-25-9)7-26-8-14(23)24-6-13(22)20-11-4-2-10(3-5-11)15(16,17)18/h2-5H,6-8H2,1H3,(H,20,22). The van der Waals surface area contributed by atoms with Crippen molar-refractivity contribution < 1.29 is 32.0 Å². The first-order valence-electron chi connectivity index (χ1n) is 7.23. The quantitative estimate of drug-likeness (QED) is 0.728. The predicted octanol–water partition coefficient (Wildman–Crippen LogP) is 2.81. The highest BCUT2D eigenvalue weighted by Crippen LogP contribution is 2.29. The molecule has 0 spiro atoms. The molecule has 1 aromatic carbocycles. The number of aryl methyl sites for hydroxylation is 1. The minimum atomic E-state index is -4.45. The maximum Gasteiger partial charge on any atom is 0.416 e. The number of amides is 1. The molecular formula is C15H14F3N3O4S. The zero-order chi connectivity index (χ0) is 19.2. The SMILES string of the molecule is Cc1nc(CSCC(=O)OCC(=O)Nc2ccc(C(F)(F)F)cc2)no1. The molecule has 2 aromatic rings. The Balaban J connectivity index is 1.68. The summed E-state index contributed by atoms with van der Waals surface area (Å²) in [5, 5.41) is 6.00. The van der Waals surface area contributed by atoms with Gasteiger partial charge in [0.15, 0.2) is 12.4 Å². The van der Waals surface area contributed by atoms with Gasteiger partial charge in [-0.2, -0.15) is 18.2 Å². The lowest BCUT2D eigenvalue weighted by Crippen LogP contribution is -2.21. The van der Waals surface area contributed by atoms with Gasteiger partial charge >= 0.3 is 12.1 Å². The van der Waals surface area contributed by atoms with E-state index >= 15 is 0 Å². The van der Waals surface area contributed by atoms with Gasteiger partial charge in [-0.15, -0.1) is 11.8 Å². The molecule has 1 aromatic heterocycles. The van der Waals surface area contributed by atoms with Crippen molar-refractivity contribution in [1.82, 2.24) is 10.1 Å². The third-order valence-corrected chi connectivity index (χ3v) is 3.78. The lowest BCUT2D eigenvalue weighted by atomic mass is 10.2. The van der Waals surface area contributed by atoms with Gasteiger partial charge in [0.25, 0.3) is 5.91 Å². The molecule has 140 valence electrons. The first-order valence-corrected chi connectivity index (χ1v) is 8.39. The fourth-order valence-electron chi connectivity index (χ4n) is 1.75. The lowest BCUT2D eigenvalue weighted by Gasteiger charge is -2.09. The van der Waals surface area contributed by atoms with Gasteiger partial charge in [0.05, 0.1) is 17.1 Å². The number of thioether (sulfide) groups is 1. The van der Waals surface area contributed by atoms with Crippen LogP contribution in [0.15, 0.2) is 28.8 Å². The number of esters is 1. The number of nitrogens with one attached hydrogen (secondary N) is 1. The largest absolute Gasteiger partial charge is 0.455 e. The minimum absolute atomic E-state index is 0.0128. The molecule has 0 aliphatic carbocycles. The van der Waals surface area contributed by atoms with Crippen LogP contribution in [-0.4, -0.2) is 34.4 Å². The Bertz CT molecular complexity index is 762. The third kappa shape index (κ3) is 6.39. The van der Waals surface area contributed by atoms with E-state index in [1.807, 2.05) is 0 Å². The monoisotopic (exact) mass is 389 g/mol. The zero-order valence-electron chi connectivity index (χ0n) is 13.5. The topological polar surface area (TPSA) is 94.3 Å². The molecule has 1 N–H and O–H groups in total. The number of rotatable bonds is 7. The second kappa shape index (κ2) is 8.70. The molecule has 0 fully saturated rings. The molecule has 0 radical (unpaired) electrons. The van der Waals surface area contributed by atoms with Crippen molar-refractivity contribution in [2.24, 2.45) is 0 Å². The number of hydrogen-bond donors (Lipinski definition) is 1. The molecule has 2 rings (SSSR count). The Labute approximate surface area is 150 Å². The van der Waals surface area contributed by atoms with Gasteiger partial charge in [0.2, 0.25) is 5.89 Å². The first-order chi connectivity index (χ1) is 12.2. The number of carbonyl (C=O) groups excluding carboxylic acids is 2. The van der Waals surface area contributed by atoms with Crippen LogP contribution in [0.4, 0.5) is 18.9 Å². The van der Waals surface area contributed by atoms with E-state index in [0.29, 0.717) is 17.5 Å². The smallest absolute Gasteiger partial charge is 0.416 e. The van der Waals surface area contributed by atoms with Crippen molar-refractivity contribution >= 4 is 29.3 Å². The van der Waals surface area contributed by atoms with Crippen LogP contribution < -0.4 is 5.32 Å². The number of alkyl halides is 3. The molecule has 0 bridgehead atoms. The summed E-state index contributed by atoms with van der Waals surface area (Å²) in [6, 6.07) is 3.92. The minimum Gasteiger partial charge on any atom is -0.455 e. The summed E-state index contributed by atoms with van der Waals surface area (Å²) in [7, 11) is 0. The van der Waals surface area contributed by atoms with Gasteiger partial charge in [0.1, 0.15) is 0 Å². The van der Waals surface area contributed by atoms with Crippen molar-refractivity contribution in [3.63, 3.8) is 0 Å². The van der Waals surface area contributed by atoms with Crippen LogP contribution in [0.1, 0.15) is 17.3 Å². The lowest BCUT2D eigenvalue weighted by molar-refractivity contribution is -0.144. The van der Waals surface area contributed by atoms with Crippen molar-refractivity contribution in [1.29, 1.82) is 0 Å². The fraction of sp³-hybridized carbons (Fsp3) is 0.333. The van der Waals surface area contributed by atoms with Crippen LogP contribution in [0.25, 0.3) is 0 Å². The van der Waals surface area contributed by atoms with Crippen LogP contribution in [0.3, 0.4) is 0 Å². The predicted molar refractivity (Wildman–Crippen MR) is 86.2 cm³/mol. The van der Waals surface area contributed by atoms with Crippen LogP contribution in [0.5, 0.6) is 0 Å². The second-order valence-corrected chi connectivity index (χ2v) is 5.99. The molecule has 0 aliphatic rings. The van der Waals surface area contributed by atoms with Crippen molar-refractivity contribution in [2.75, 3.05) is 17.7 Å². The third-order valence-electron chi connectivity index (χ3n) is 2.88. The average Bonchev–Trinajstić information content (AvgIpc) is 2.98. The number of benzene rings is 1. The Morgan fingerprint density at radius 2 is 1.96 bits per heavy atom. The average molecular weight is 389 g/mol. The van der Waals surface area contributed by atoms with Crippen LogP contribution in [0.2, 0.25) is 0 Å². The highest BCUT2D eigenvalue weighted by molar-refractivity contribution is 7.99. The second-order valence-electron chi connectivity index (χ2n) is 5.01. The highest BCUT2D eigenvalue weighted by Gasteiger charge is 2.29. The normalized spacial score (nSPS) is 11.2. The van der Waals surface area contributed by atoms with Gasteiger partial charge in [0, 0.05) is 12.6 Å². The van der Waals surface area contributed by atoms with E-state index in [4.69, 9.17) is 9.26 Å². The van der Waals surface area contributed by atoms with E-state index in [1.165, 1.54) is 11.8 Å². The van der Waals surface area contributed by atoms with Gasteiger partial charge in [-0.3, -0.25) is 9.59 Å². The van der Waals surface area contributed by atoms with Crippen molar-refractivity contribution in [3.8, 4) is 0 Å². The van der Waals surface area contributed by atoms with Gasteiger partial charge in [-0.05, 0) is 24.3 Å². The molecule has 0 atom stereocenters. The Hall–Kier alpha value is -2.56. The van der Waals surface area contributed by atoms with E-state index in [-0.39, 0.29) is 11.4 Å². The number of ether oxygens (including phenoxy) is 1. The molecular weight excluding hydrogens is 375 g/mol. The van der Waals surface area contributed by atoms with E-state index < -0.39 is 30.2 Å². The Morgan fingerprint density at radius 3 is 2.54 bits per heavy atom. The number of aromatic nitrogens is 2. The summed E-state index contributed by atoms with van der Waals surface area (Å²) in [5.41, 5.74) is -0.656. The van der Waals surface area contributed by atoms with Crippen LogP contribution in [0, 0.1) is 6.92 Å². The van der Waals surface area contributed by atoms with Gasteiger partial charge in [-0.25, -0.2) is 0 Å². The van der Waals surface area contributed by atoms with E-state index in [1.54, 1.807) is 6.92 Å². The highest BCUT2D eigenvalue weighted by atomic mass is 32.2. The molecule has 26 heavy (non-hydrogen) atoms. The maximum atomic E-state index is 12.4. The van der Waals surface area contributed by atoms with Crippen molar-refractivity contribution in [3.05, 3.63) is 41.5 Å². The summed E-state index contributed by atoms with van der Waals surface area (Å²) in [4.78, 5) is 27.1. The molecule has 7 nitrogen and oxygen atoms in total. The number of hydrogen-bond acceptors (Lipinski definition) is 7. The number of anilines is 1. The van der Waals surface area contributed by atoms with Crippen molar-refractivity contribution in [2.45, 2.75) is 18.9 Å². The van der Waals surface area contributed by atoms with Gasteiger partial charge < -0.3 is 14.6 Å². The molecule has 1 amide bonds. The van der Waals surface area contributed by atoms with Gasteiger partial charge in [-0.1, -0.05) is 5.16 Å². The van der Waals surface area contributed by atoms with Crippen LogP contribution in [-0.2, 0) is 26.3 Å². The summed E-state index contributed by atoms with van der Waals surface area (Å²) in [6.45, 7) is 1.10. The Kier molecular flexibility index (Phi) is 6.61. The number of nitrogens with zero attached hydrogens (tertiary/aromatic N) is 2. The Morgan fingerprint density at radius 1 is 1.27 bits per heavy atom. The first kappa shape index (κ1) is 19.8. The zero-order valence-corrected chi connectivity index (χ0v) is 14.3. The fourth-order valence-corrected chi connectivity index (χ4v) is 2.40. The van der Waals surface area contributed by atoms with Crippen LogP contribution >= 0.6 is 11.8 Å². The molecule has 0 unspecified atom stereocenters. The maximum absolute atomic E-state index is 12.4. The summed E-state index contributed by atoms with van der Waals surface area (Å²) >= 11 is 1.19. The molecule has 11 heteroatoms. The molecule has 0 aliphatic heterocycles. The molecule has 0 saturated heterocycles. The number of carbonyl (C=O) groups is 2. The van der Waals surface area contributed by atoms with E-state index in [9.17, 15) is 22.8 Å². The summed E-state index contributed by atoms with van der Waals surface area (Å²) < 4.78 is 46.9. The van der Waals surface area contributed by atoms with E-state index in [2.05, 4.69) is 15.5 Å². The summed E-state index contributed by atoms with van der Waals surface area (Å²) in [5.74, 6) is -0.0659. The molecule has 0 saturated carbocycles. The molecule has 1 heterocycles.